The van der Waals surface area contributed by atoms with Crippen molar-refractivity contribution < 1.29 is 33.1 Å². The fourth-order valence-electron chi connectivity index (χ4n) is 8.96. The molecule has 4 aliphatic carbocycles. The molecule has 0 unspecified atom stereocenters. The quantitative estimate of drug-likeness (QED) is 0.327. The summed E-state index contributed by atoms with van der Waals surface area (Å²) in [5, 5.41) is 35.8. The molecule has 4 rings (SSSR count). The third kappa shape index (κ3) is 5.17. The van der Waals surface area contributed by atoms with E-state index >= 15 is 0 Å². The number of rotatable bonds is 7. The first kappa shape index (κ1) is 27.3. The molecule has 1 amide bonds. The number of hydrogen-bond acceptors (Lipinski definition) is 6. The van der Waals surface area contributed by atoms with Crippen molar-refractivity contribution >= 4 is 16.0 Å². The lowest BCUT2D eigenvalue weighted by atomic mass is 9.43. The van der Waals surface area contributed by atoms with Crippen LogP contribution in [0.4, 0.5) is 0 Å². The minimum Gasteiger partial charge on any atom is -0.393 e. The summed E-state index contributed by atoms with van der Waals surface area (Å²) >= 11 is 0. The Balaban J connectivity index is 1.43. The maximum absolute atomic E-state index is 12.3. The summed E-state index contributed by atoms with van der Waals surface area (Å²) < 4.78 is 30.5. The standard InChI is InChI=1S/C26H45NO7S/c1-15(11-23(31)27-8-9-35(32,33)34)10-16-4-5-19-24-20(14-22(30)26(16,19)3)25(2)7-6-18(28)12-17(25)13-21(24)29/h15-22,24,28-30H,4-14H2,1-3H3,(H,27,31)(H,32,33,34)/t15-,16+,17-,18+,19-,20-,21+,22-,24-,25-,26+/m0/s1. The Labute approximate surface area is 210 Å². The van der Waals surface area contributed by atoms with Gasteiger partial charge in [0, 0.05) is 13.0 Å². The Kier molecular flexibility index (Phi) is 7.69. The maximum Gasteiger partial charge on any atom is 0.266 e. The summed E-state index contributed by atoms with van der Waals surface area (Å²) in [5.41, 5.74) is -0.244. The Hall–Kier alpha value is -0.740. The Morgan fingerprint density at radius 3 is 2.46 bits per heavy atom. The molecule has 0 heterocycles. The van der Waals surface area contributed by atoms with Crippen molar-refractivity contribution in [1.29, 1.82) is 0 Å². The highest BCUT2D eigenvalue weighted by molar-refractivity contribution is 7.85. The van der Waals surface area contributed by atoms with Crippen molar-refractivity contribution in [3.63, 3.8) is 0 Å². The van der Waals surface area contributed by atoms with E-state index in [9.17, 15) is 28.5 Å². The number of nitrogens with one attached hydrogen (secondary N) is 1. The molecule has 0 aromatic rings. The van der Waals surface area contributed by atoms with Crippen LogP contribution in [-0.4, -0.2) is 64.8 Å². The van der Waals surface area contributed by atoms with Gasteiger partial charge in [-0.1, -0.05) is 20.8 Å². The van der Waals surface area contributed by atoms with Gasteiger partial charge in [0.25, 0.3) is 10.1 Å². The number of carbonyl (C=O) groups excluding carboxylic acids is 1. The average Bonchev–Trinajstić information content (AvgIpc) is 3.06. The first-order chi connectivity index (χ1) is 16.3. The first-order valence-corrected chi connectivity index (χ1v) is 15.1. The van der Waals surface area contributed by atoms with E-state index in [4.69, 9.17) is 4.55 Å². The fourth-order valence-corrected chi connectivity index (χ4v) is 9.32. The van der Waals surface area contributed by atoms with Gasteiger partial charge in [-0.05, 0) is 97.7 Å². The highest BCUT2D eigenvalue weighted by atomic mass is 32.2. The molecule has 0 saturated heterocycles. The average molecular weight is 516 g/mol. The molecule has 8 nitrogen and oxygen atoms in total. The molecule has 4 saturated carbocycles. The zero-order valence-corrected chi connectivity index (χ0v) is 22.2. The molecule has 9 heteroatoms. The molecular formula is C26H45NO7S. The fraction of sp³-hybridized carbons (Fsp3) is 0.962. The smallest absolute Gasteiger partial charge is 0.266 e. The number of amides is 1. The minimum absolute atomic E-state index is 0.0525. The van der Waals surface area contributed by atoms with E-state index in [0.717, 1.165) is 44.9 Å². The summed E-state index contributed by atoms with van der Waals surface area (Å²) in [4.78, 5) is 12.3. The molecule has 202 valence electrons. The van der Waals surface area contributed by atoms with Gasteiger partial charge in [-0.15, -0.1) is 0 Å². The van der Waals surface area contributed by atoms with Crippen molar-refractivity contribution in [1.82, 2.24) is 5.32 Å². The molecule has 0 aliphatic heterocycles. The maximum atomic E-state index is 12.3. The molecule has 0 aromatic carbocycles. The summed E-state index contributed by atoms with van der Waals surface area (Å²) in [6.45, 7) is 6.44. The van der Waals surface area contributed by atoms with Crippen LogP contribution in [0.15, 0.2) is 0 Å². The lowest BCUT2D eigenvalue weighted by Crippen LogP contribution is -2.62. The molecule has 0 bridgehead atoms. The topological polar surface area (TPSA) is 144 Å². The van der Waals surface area contributed by atoms with Crippen molar-refractivity contribution in [3.05, 3.63) is 0 Å². The number of aliphatic hydroxyl groups excluding tert-OH is 3. The van der Waals surface area contributed by atoms with Crippen LogP contribution in [0, 0.1) is 46.3 Å². The van der Waals surface area contributed by atoms with E-state index in [2.05, 4.69) is 19.2 Å². The number of aliphatic hydroxyl groups is 3. The molecular weight excluding hydrogens is 470 g/mol. The van der Waals surface area contributed by atoms with Gasteiger partial charge in [-0.25, -0.2) is 0 Å². The molecule has 5 N–H and O–H groups in total. The van der Waals surface area contributed by atoms with Gasteiger partial charge in [0.2, 0.25) is 5.91 Å². The van der Waals surface area contributed by atoms with Crippen LogP contribution in [0.5, 0.6) is 0 Å². The van der Waals surface area contributed by atoms with Crippen LogP contribution in [0.25, 0.3) is 0 Å². The van der Waals surface area contributed by atoms with Crippen LogP contribution in [-0.2, 0) is 14.9 Å². The van der Waals surface area contributed by atoms with Crippen LogP contribution in [0.3, 0.4) is 0 Å². The Morgan fingerprint density at radius 1 is 1.06 bits per heavy atom. The molecule has 0 aromatic heterocycles. The lowest BCUT2D eigenvalue weighted by Gasteiger charge is -2.63. The zero-order chi connectivity index (χ0) is 25.8. The van der Waals surface area contributed by atoms with Crippen molar-refractivity contribution in [3.8, 4) is 0 Å². The first-order valence-electron chi connectivity index (χ1n) is 13.5. The summed E-state index contributed by atoms with van der Waals surface area (Å²) in [7, 11) is -4.10. The third-order valence-corrected chi connectivity index (χ3v) is 11.6. The minimum atomic E-state index is -4.10. The molecule has 0 spiro atoms. The van der Waals surface area contributed by atoms with Gasteiger partial charge >= 0.3 is 0 Å². The normalized spacial score (nSPS) is 46.3. The van der Waals surface area contributed by atoms with Gasteiger partial charge in [-0.2, -0.15) is 8.42 Å². The molecule has 4 aliphatic rings. The summed E-state index contributed by atoms with van der Waals surface area (Å²) in [6, 6.07) is 0. The monoisotopic (exact) mass is 515 g/mol. The van der Waals surface area contributed by atoms with E-state index in [1.54, 1.807) is 0 Å². The lowest BCUT2D eigenvalue weighted by molar-refractivity contribution is -0.205. The van der Waals surface area contributed by atoms with E-state index in [-0.39, 0.29) is 65.4 Å². The third-order valence-electron chi connectivity index (χ3n) is 10.9. The van der Waals surface area contributed by atoms with Gasteiger partial charge < -0.3 is 20.6 Å². The number of hydrogen-bond donors (Lipinski definition) is 5. The van der Waals surface area contributed by atoms with Crippen LogP contribution in [0.1, 0.15) is 78.6 Å². The second-order valence-corrected chi connectivity index (χ2v) is 14.4. The zero-order valence-electron chi connectivity index (χ0n) is 21.4. The molecule has 11 atom stereocenters. The Morgan fingerprint density at radius 2 is 1.77 bits per heavy atom. The second kappa shape index (κ2) is 9.86. The predicted octanol–water partition coefficient (Wildman–Crippen LogP) is 2.37. The summed E-state index contributed by atoms with van der Waals surface area (Å²) in [6.07, 6.45) is 5.84. The molecule has 4 fully saturated rings. The van der Waals surface area contributed by atoms with Crippen LogP contribution in [0.2, 0.25) is 0 Å². The van der Waals surface area contributed by atoms with Crippen molar-refractivity contribution in [2.75, 3.05) is 12.3 Å². The van der Waals surface area contributed by atoms with E-state index in [1.807, 2.05) is 6.92 Å². The molecule has 0 radical (unpaired) electrons. The molecule has 35 heavy (non-hydrogen) atoms. The number of carbonyl (C=O) groups is 1. The van der Waals surface area contributed by atoms with Gasteiger partial charge in [0.05, 0.1) is 24.1 Å². The van der Waals surface area contributed by atoms with Crippen LogP contribution < -0.4 is 5.32 Å². The van der Waals surface area contributed by atoms with E-state index < -0.39 is 28.1 Å². The largest absolute Gasteiger partial charge is 0.393 e. The van der Waals surface area contributed by atoms with E-state index in [0.29, 0.717) is 12.3 Å². The SMILES string of the molecule is C[C@H](CC(=O)NCCS(=O)(=O)O)C[C@H]1CC[C@H]2[C@@H]3[C@H](O)C[C@@H]4C[C@H](O)CC[C@]4(C)[C@H]3C[C@H](O)[C@]12C. The van der Waals surface area contributed by atoms with Crippen molar-refractivity contribution in [2.24, 2.45) is 46.3 Å². The summed E-state index contributed by atoms with van der Waals surface area (Å²) in [5.74, 6) is 0.592. The van der Waals surface area contributed by atoms with Gasteiger partial charge in [-0.3, -0.25) is 9.35 Å². The van der Waals surface area contributed by atoms with E-state index in [1.165, 1.54) is 0 Å². The van der Waals surface area contributed by atoms with Crippen molar-refractivity contribution in [2.45, 2.75) is 96.9 Å². The van der Waals surface area contributed by atoms with Crippen LogP contribution >= 0.6 is 0 Å². The predicted molar refractivity (Wildman–Crippen MR) is 132 cm³/mol. The number of fused-ring (bicyclic) bond motifs is 5. The highest BCUT2D eigenvalue weighted by Gasteiger charge is 2.65. The van der Waals surface area contributed by atoms with Gasteiger partial charge in [0.15, 0.2) is 0 Å². The Bertz CT molecular complexity index is 896. The second-order valence-electron chi connectivity index (χ2n) is 12.8. The highest BCUT2D eigenvalue weighted by Crippen LogP contribution is 2.68. The van der Waals surface area contributed by atoms with Gasteiger partial charge in [0.1, 0.15) is 0 Å².